The number of rotatable bonds is 7. The van der Waals surface area contributed by atoms with Gasteiger partial charge >= 0.3 is 0 Å². The second-order valence-electron chi connectivity index (χ2n) is 5.58. The summed E-state index contributed by atoms with van der Waals surface area (Å²) < 4.78 is 13.5. The van der Waals surface area contributed by atoms with E-state index in [0.29, 0.717) is 16.6 Å². The van der Waals surface area contributed by atoms with Gasteiger partial charge in [-0.3, -0.25) is 9.69 Å². The van der Waals surface area contributed by atoms with Gasteiger partial charge in [0, 0.05) is 17.6 Å². The largest absolute Gasteiger partial charge is 0.348 e. The maximum atomic E-state index is 13.1. The molecule has 128 valence electrons. The first-order valence-corrected chi connectivity index (χ1v) is 8.86. The van der Waals surface area contributed by atoms with Crippen LogP contribution in [-0.2, 0) is 13.1 Å². The molecular weight excluding hydrogens is 371 g/mol. The molecule has 2 rings (SSSR count). The van der Waals surface area contributed by atoms with Crippen LogP contribution in [0.3, 0.4) is 0 Å². The fourth-order valence-electron chi connectivity index (χ4n) is 2.42. The summed E-state index contributed by atoms with van der Waals surface area (Å²) in [4.78, 5) is 14.5. The van der Waals surface area contributed by atoms with Crippen molar-refractivity contribution in [1.29, 1.82) is 0 Å². The second kappa shape index (κ2) is 8.94. The Morgan fingerprint density at radius 2 is 1.71 bits per heavy atom. The minimum atomic E-state index is -0.373. The summed E-state index contributed by atoms with van der Waals surface area (Å²) in [6, 6.07) is 12.3. The summed E-state index contributed by atoms with van der Waals surface area (Å²) in [6.07, 6.45) is 0. The van der Waals surface area contributed by atoms with Crippen LogP contribution in [-0.4, -0.2) is 23.9 Å². The third-order valence-corrected chi connectivity index (χ3v) is 4.61. The van der Waals surface area contributed by atoms with Crippen molar-refractivity contribution >= 4 is 21.8 Å². The number of carbonyl (C=O) groups excluding carboxylic acids is 1. The summed E-state index contributed by atoms with van der Waals surface area (Å²) in [6.45, 7) is 7.74. The smallest absolute Gasteiger partial charge is 0.252 e. The number of nitrogens with zero attached hydrogens (tertiary/aromatic N) is 1. The van der Waals surface area contributed by atoms with Crippen molar-refractivity contribution in [2.24, 2.45) is 0 Å². The molecule has 0 heterocycles. The van der Waals surface area contributed by atoms with Crippen molar-refractivity contribution in [3.8, 4) is 0 Å². The monoisotopic (exact) mass is 392 g/mol. The summed E-state index contributed by atoms with van der Waals surface area (Å²) in [5.74, 6) is -0.601. The van der Waals surface area contributed by atoms with Gasteiger partial charge in [0.2, 0.25) is 0 Å². The van der Waals surface area contributed by atoms with Gasteiger partial charge < -0.3 is 5.32 Å². The Morgan fingerprint density at radius 1 is 1.08 bits per heavy atom. The molecule has 0 saturated carbocycles. The zero-order valence-corrected chi connectivity index (χ0v) is 15.6. The quantitative estimate of drug-likeness (QED) is 0.758. The van der Waals surface area contributed by atoms with Crippen molar-refractivity contribution < 1.29 is 9.18 Å². The van der Waals surface area contributed by atoms with Gasteiger partial charge in [0.15, 0.2) is 0 Å². The molecule has 0 fully saturated rings. The predicted molar refractivity (Wildman–Crippen MR) is 98.3 cm³/mol. The maximum absolute atomic E-state index is 13.1. The number of benzene rings is 2. The van der Waals surface area contributed by atoms with Gasteiger partial charge in [-0.05, 0) is 58.3 Å². The van der Waals surface area contributed by atoms with E-state index in [0.717, 1.165) is 25.2 Å². The van der Waals surface area contributed by atoms with Gasteiger partial charge in [0.25, 0.3) is 5.91 Å². The van der Waals surface area contributed by atoms with Gasteiger partial charge in [0.05, 0.1) is 5.56 Å². The SMILES string of the molecule is CCN(CC)Cc1ccc(CNC(=O)c2ccc(F)cc2Br)cc1. The molecule has 0 bridgehead atoms. The highest BCUT2D eigenvalue weighted by Gasteiger charge is 2.10. The molecule has 0 unspecified atom stereocenters. The molecular formula is C19H22BrFN2O. The molecule has 5 heteroatoms. The van der Waals surface area contributed by atoms with Crippen molar-refractivity contribution in [2.45, 2.75) is 26.9 Å². The first kappa shape index (κ1) is 18.6. The molecule has 2 aromatic carbocycles. The molecule has 0 aromatic heterocycles. The van der Waals surface area contributed by atoms with Gasteiger partial charge in [0.1, 0.15) is 5.82 Å². The number of carbonyl (C=O) groups is 1. The van der Waals surface area contributed by atoms with E-state index in [1.165, 1.54) is 23.8 Å². The molecule has 1 amide bonds. The molecule has 3 nitrogen and oxygen atoms in total. The van der Waals surface area contributed by atoms with E-state index in [9.17, 15) is 9.18 Å². The average Bonchev–Trinajstić information content (AvgIpc) is 2.58. The zero-order valence-electron chi connectivity index (χ0n) is 14.0. The van der Waals surface area contributed by atoms with Crippen LogP contribution < -0.4 is 5.32 Å². The van der Waals surface area contributed by atoms with Gasteiger partial charge in [-0.2, -0.15) is 0 Å². The van der Waals surface area contributed by atoms with Crippen LogP contribution in [0.2, 0.25) is 0 Å². The Bertz CT molecular complexity index is 684. The summed E-state index contributed by atoms with van der Waals surface area (Å²) >= 11 is 3.21. The van der Waals surface area contributed by atoms with Crippen LogP contribution in [0.5, 0.6) is 0 Å². The highest BCUT2D eigenvalue weighted by molar-refractivity contribution is 9.10. The summed E-state index contributed by atoms with van der Waals surface area (Å²) in [5, 5.41) is 2.86. The van der Waals surface area contributed by atoms with Crippen molar-refractivity contribution in [3.05, 3.63) is 69.4 Å². The van der Waals surface area contributed by atoms with E-state index >= 15 is 0 Å². The van der Waals surface area contributed by atoms with E-state index in [1.807, 2.05) is 12.1 Å². The maximum Gasteiger partial charge on any atom is 0.252 e. The van der Waals surface area contributed by atoms with Crippen LogP contribution in [0.25, 0.3) is 0 Å². The summed E-state index contributed by atoms with van der Waals surface area (Å²) in [5.41, 5.74) is 2.72. The lowest BCUT2D eigenvalue weighted by molar-refractivity contribution is 0.0950. The number of nitrogens with one attached hydrogen (secondary N) is 1. The van der Waals surface area contributed by atoms with Gasteiger partial charge in [-0.15, -0.1) is 0 Å². The van der Waals surface area contributed by atoms with Crippen LogP contribution in [0, 0.1) is 5.82 Å². The first-order valence-electron chi connectivity index (χ1n) is 8.07. The molecule has 0 radical (unpaired) electrons. The standard InChI is InChI=1S/C19H22BrFN2O/c1-3-23(4-2)13-15-7-5-14(6-8-15)12-22-19(24)17-10-9-16(21)11-18(17)20/h5-11H,3-4,12-13H2,1-2H3,(H,22,24). The lowest BCUT2D eigenvalue weighted by atomic mass is 10.1. The molecule has 0 aliphatic carbocycles. The highest BCUT2D eigenvalue weighted by atomic mass is 79.9. The van der Waals surface area contributed by atoms with Crippen LogP contribution >= 0.6 is 15.9 Å². The third kappa shape index (κ3) is 5.14. The fourth-order valence-corrected chi connectivity index (χ4v) is 2.95. The Kier molecular flexibility index (Phi) is 6.94. The van der Waals surface area contributed by atoms with Gasteiger partial charge in [-0.25, -0.2) is 4.39 Å². The van der Waals surface area contributed by atoms with Crippen LogP contribution in [0.1, 0.15) is 35.3 Å². The van der Waals surface area contributed by atoms with E-state index in [-0.39, 0.29) is 11.7 Å². The molecule has 0 spiro atoms. The van der Waals surface area contributed by atoms with Crippen molar-refractivity contribution in [2.75, 3.05) is 13.1 Å². The molecule has 2 aromatic rings. The Morgan fingerprint density at radius 3 is 2.29 bits per heavy atom. The van der Waals surface area contributed by atoms with E-state index < -0.39 is 0 Å². The molecule has 1 N–H and O–H groups in total. The number of halogens is 2. The molecule has 0 atom stereocenters. The highest BCUT2D eigenvalue weighted by Crippen LogP contribution is 2.18. The van der Waals surface area contributed by atoms with E-state index in [2.05, 4.69) is 52.1 Å². The number of hydrogen-bond donors (Lipinski definition) is 1. The van der Waals surface area contributed by atoms with E-state index in [1.54, 1.807) is 0 Å². The van der Waals surface area contributed by atoms with Crippen LogP contribution in [0.4, 0.5) is 4.39 Å². The lowest BCUT2D eigenvalue weighted by Crippen LogP contribution is -2.23. The molecule has 24 heavy (non-hydrogen) atoms. The summed E-state index contributed by atoms with van der Waals surface area (Å²) in [7, 11) is 0. The first-order chi connectivity index (χ1) is 11.5. The second-order valence-corrected chi connectivity index (χ2v) is 6.44. The predicted octanol–water partition coefficient (Wildman–Crippen LogP) is 4.36. The van der Waals surface area contributed by atoms with Crippen LogP contribution in [0.15, 0.2) is 46.9 Å². The van der Waals surface area contributed by atoms with Gasteiger partial charge in [-0.1, -0.05) is 38.1 Å². The lowest BCUT2D eigenvalue weighted by Gasteiger charge is -2.18. The Labute approximate surface area is 151 Å². The molecule has 0 saturated heterocycles. The average molecular weight is 393 g/mol. The van der Waals surface area contributed by atoms with Crippen molar-refractivity contribution in [3.63, 3.8) is 0 Å². The topological polar surface area (TPSA) is 32.3 Å². The minimum Gasteiger partial charge on any atom is -0.348 e. The Balaban J connectivity index is 1.93. The van der Waals surface area contributed by atoms with E-state index in [4.69, 9.17) is 0 Å². The number of amides is 1. The molecule has 0 aliphatic heterocycles. The molecule has 0 aliphatic rings. The Hall–Kier alpha value is -1.72. The van der Waals surface area contributed by atoms with Crippen molar-refractivity contribution in [1.82, 2.24) is 10.2 Å². The zero-order chi connectivity index (χ0) is 17.5. The third-order valence-electron chi connectivity index (χ3n) is 3.95. The fraction of sp³-hybridized carbons (Fsp3) is 0.316. The minimum absolute atomic E-state index is 0.228. The number of hydrogen-bond acceptors (Lipinski definition) is 2. The normalized spacial score (nSPS) is 10.9.